The first kappa shape index (κ1) is 21.2. The maximum atomic E-state index is 12.3. The largest absolute Gasteiger partial charge is 0.493 e. The van der Waals surface area contributed by atoms with Crippen LogP contribution in [-0.2, 0) is 14.8 Å². The van der Waals surface area contributed by atoms with Crippen LogP contribution in [0.5, 0.6) is 11.5 Å². The Morgan fingerprint density at radius 1 is 1.11 bits per heavy atom. The lowest BCUT2D eigenvalue weighted by Gasteiger charge is -2.11. The summed E-state index contributed by atoms with van der Waals surface area (Å²) in [6.07, 6.45) is 3.65. The van der Waals surface area contributed by atoms with Gasteiger partial charge in [-0.05, 0) is 35.9 Å². The van der Waals surface area contributed by atoms with E-state index in [9.17, 15) is 22.0 Å². The lowest BCUT2D eigenvalue weighted by molar-refractivity contribution is -0.111. The molecular weight excluding hydrogens is 394 g/mol. The number of amides is 1. The highest BCUT2D eigenvalue weighted by atomic mass is 32.2. The zero-order valence-electron chi connectivity index (χ0n) is 15.0. The molecule has 0 aliphatic heterocycles. The van der Waals surface area contributed by atoms with E-state index in [0.29, 0.717) is 5.56 Å². The Kier molecular flexibility index (Phi) is 6.94. The van der Waals surface area contributed by atoms with Gasteiger partial charge in [0.2, 0.25) is 15.9 Å². The molecule has 0 unspecified atom stereocenters. The van der Waals surface area contributed by atoms with Crippen molar-refractivity contribution >= 4 is 33.4 Å². The van der Waals surface area contributed by atoms with E-state index in [1.807, 2.05) is 0 Å². The van der Waals surface area contributed by atoms with Gasteiger partial charge in [0, 0.05) is 6.08 Å². The van der Waals surface area contributed by atoms with Crippen LogP contribution in [0.15, 0.2) is 48.5 Å². The number of alkyl halides is 2. The fourth-order valence-electron chi connectivity index (χ4n) is 2.21. The van der Waals surface area contributed by atoms with Gasteiger partial charge in [-0.2, -0.15) is 8.78 Å². The Bertz CT molecular complexity index is 978. The standard InChI is InChI=1S/C18H18F2N2O5S/c1-26-16-11-12(7-9-15(16)27-18(19)20)8-10-17(23)21-13-5-3-4-6-14(13)22-28(2,24)25/h3-11,18,22H,1-2H3,(H,21,23)/b10-8+. The van der Waals surface area contributed by atoms with Crippen molar-refractivity contribution in [3.8, 4) is 11.5 Å². The summed E-state index contributed by atoms with van der Waals surface area (Å²) in [5, 5.41) is 2.56. The van der Waals surface area contributed by atoms with Gasteiger partial charge in [-0.25, -0.2) is 8.42 Å². The Morgan fingerprint density at radius 3 is 2.39 bits per heavy atom. The molecule has 0 radical (unpaired) electrons. The Balaban J connectivity index is 2.12. The highest BCUT2D eigenvalue weighted by molar-refractivity contribution is 7.92. The summed E-state index contributed by atoms with van der Waals surface area (Å²) in [5.74, 6) is -0.556. The molecule has 0 bridgehead atoms. The zero-order valence-corrected chi connectivity index (χ0v) is 15.8. The summed E-state index contributed by atoms with van der Waals surface area (Å²) < 4.78 is 59.1. The summed E-state index contributed by atoms with van der Waals surface area (Å²) in [6.45, 7) is -2.98. The fraction of sp³-hybridized carbons (Fsp3) is 0.167. The summed E-state index contributed by atoms with van der Waals surface area (Å²) >= 11 is 0. The van der Waals surface area contributed by atoms with Gasteiger partial charge in [-0.15, -0.1) is 0 Å². The number of carbonyl (C=O) groups is 1. The minimum absolute atomic E-state index is 0.0885. The van der Waals surface area contributed by atoms with E-state index < -0.39 is 22.5 Å². The van der Waals surface area contributed by atoms with E-state index in [1.54, 1.807) is 18.2 Å². The van der Waals surface area contributed by atoms with Crippen LogP contribution in [0.4, 0.5) is 20.2 Å². The molecule has 7 nitrogen and oxygen atoms in total. The first-order valence-corrected chi connectivity index (χ1v) is 9.76. The van der Waals surface area contributed by atoms with Crippen LogP contribution in [-0.4, -0.2) is 34.3 Å². The minimum atomic E-state index is -3.51. The van der Waals surface area contributed by atoms with Crippen molar-refractivity contribution in [2.45, 2.75) is 6.61 Å². The topological polar surface area (TPSA) is 93.7 Å². The van der Waals surface area contributed by atoms with Crippen LogP contribution in [0, 0.1) is 0 Å². The van der Waals surface area contributed by atoms with Gasteiger partial charge < -0.3 is 14.8 Å². The molecule has 0 spiro atoms. The van der Waals surface area contributed by atoms with Crippen LogP contribution in [0.2, 0.25) is 0 Å². The molecule has 0 aliphatic rings. The summed E-state index contributed by atoms with van der Waals surface area (Å²) in [5.41, 5.74) is 1.01. The van der Waals surface area contributed by atoms with E-state index in [-0.39, 0.29) is 22.9 Å². The molecule has 10 heteroatoms. The number of hydrogen-bond acceptors (Lipinski definition) is 5. The second-order valence-corrected chi connectivity index (χ2v) is 7.28. The van der Waals surface area contributed by atoms with Crippen molar-refractivity contribution in [1.29, 1.82) is 0 Å². The Morgan fingerprint density at radius 2 is 1.79 bits per heavy atom. The highest BCUT2D eigenvalue weighted by Gasteiger charge is 2.11. The van der Waals surface area contributed by atoms with Gasteiger partial charge in [0.25, 0.3) is 0 Å². The van der Waals surface area contributed by atoms with Crippen molar-refractivity contribution in [2.24, 2.45) is 0 Å². The molecule has 0 saturated carbocycles. The van der Waals surface area contributed by atoms with Crippen LogP contribution in [0.25, 0.3) is 6.08 Å². The quantitative estimate of drug-likeness (QED) is 0.649. The van der Waals surface area contributed by atoms with E-state index in [1.165, 1.54) is 43.5 Å². The molecule has 0 heterocycles. The number of carbonyl (C=O) groups excluding carboxylic acids is 1. The maximum absolute atomic E-state index is 12.3. The van der Waals surface area contributed by atoms with Gasteiger partial charge in [0.15, 0.2) is 11.5 Å². The normalized spacial score (nSPS) is 11.5. The second kappa shape index (κ2) is 9.18. The molecule has 0 fully saturated rings. The Labute approximate surface area is 161 Å². The average molecular weight is 412 g/mol. The molecule has 0 aliphatic carbocycles. The summed E-state index contributed by atoms with van der Waals surface area (Å²) in [7, 11) is -2.20. The highest BCUT2D eigenvalue weighted by Crippen LogP contribution is 2.30. The smallest absolute Gasteiger partial charge is 0.387 e. The van der Waals surface area contributed by atoms with Gasteiger partial charge in [-0.3, -0.25) is 9.52 Å². The number of ether oxygens (including phenoxy) is 2. The predicted molar refractivity (Wildman–Crippen MR) is 102 cm³/mol. The maximum Gasteiger partial charge on any atom is 0.387 e. The molecule has 2 aromatic rings. The number of nitrogens with one attached hydrogen (secondary N) is 2. The molecule has 2 rings (SSSR count). The van der Waals surface area contributed by atoms with E-state index in [0.717, 1.165) is 6.26 Å². The third-order valence-corrected chi connectivity index (χ3v) is 3.90. The van der Waals surface area contributed by atoms with E-state index in [2.05, 4.69) is 14.8 Å². The zero-order chi connectivity index (χ0) is 20.7. The number of benzene rings is 2. The van der Waals surface area contributed by atoms with Crippen molar-refractivity contribution in [2.75, 3.05) is 23.4 Å². The SMILES string of the molecule is COc1cc(/C=C/C(=O)Nc2ccccc2NS(C)(=O)=O)ccc1OC(F)F. The monoisotopic (exact) mass is 412 g/mol. The number of rotatable bonds is 8. The van der Waals surface area contributed by atoms with Gasteiger partial charge in [0.1, 0.15) is 0 Å². The number of sulfonamides is 1. The molecule has 0 aromatic heterocycles. The minimum Gasteiger partial charge on any atom is -0.493 e. The van der Waals surface area contributed by atoms with Gasteiger partial charge >= 0.3 is 6.61 Å². The van der Waals surface area contributed by atoms with Crippen LogP contribution < -0.4 is 19.5 Å². The molecule has 28 heavy (non-hydrogen) atoms. The second-order valence-electron chi connectivity index (χ2n) is 5.53. The van der Waals surface area contributed by atoms with Crippen molar-refractivity contribution in [3.63, 3.8) is 0 Å². The molecule has 1 amide bonds. The summed E-state index contributed by atoms with van der Waals surface area (Å²) in [4.78, 5) is 12.1. The number of halogens is 2. The predicted octanol–water partition coefficient (Wildman–Crippen LogP) is 3.32. The van der Waals surface area contributed by atoms with Crippen LogP contribution in [0.1, 0.15) is 5.56 Å². The molecule has 150 valence electrons. The fourth-order valence-corrected chi connectivity index (χ4v) is 2.79. The Hall–Kier alpha value is -3.14. The van der Waals surface area contributed by atoms with Crippen LogP contribution in [0.3, 0.4) is 0 Å². The van der Waals surface area contributed by atoms with Gasteiger partial charge in [0.05, 0.1) is 24.7 Å². The third kappa shape index (κ3) is 6.54. The van der Waals surface area contributed by atoms with E-state index >= 15 is 0 Å². The molecular formula is C18H18F2N2O5S. The van der Waals surface area contributed by atoms with Crippen LogP contribution >= 0.6 is 0 Å². The van der Waals surface area contributed by atoms with Crippen molar-refractivity contribution in [1.82, 2.24) is 0 Å². The molecule has 0 atom stereocenters. The number of methoxy groups -OCH3 is 1. The number of para-hydroxylation sites is 2. The third-order valence-electron chi connectivity index (χ3n) is 3.31. The van der Waals surface area contributed by atoms with Gasteiger partial charge in [-0.1, -0.05) is 18.2 Å². The lowest BCUT2D eigenvalue weighted by atomic mass is 10.2. The van der Waals surface area contributed by atoms with Crippen molar-refractivity contribution < 1.29 is 31.5 Å². The number of hydrogen-bond donors (Lipinski definition) is 2. The first-order valence-electron chi connectivity index (χ1n) is 7.86. The summed E-state index contributed by atoms with van der Waals surface area (Å²) in [6, 6.07) is 10.5. The first-order chi connectivity index (χ1) is 13.2. The lowest BCUT2D eigenvalue weighted by Crippen LogP contribution is -2.14. The van der Waals surface area contributed by atoms with E-state index in [4.69, 9.17) is 4.74 Å². The molecule has 0 saturated heterocycles. The number of anilines is 2. The van der Waals surface area contributed by atoms with Crippen molar-refractivity contribution in [3.05, 3.63) is 54.1 Å². The average Bonchev–Trinajstić information content (AvgIpc) is 2.61. The molecule has 2 N–H and O–H groups in total. The molecule has 2 aromatic carbocycles.